The van der Waals surface area contributed by atoms with E-state index < -0.39 is 0 Å². The topological polar surface area (TPSA) is 53.0 Å². The van der Waals surface area contributed by atoms with Gasteiger partial charge in [-0.3, -0.25) is 10.4 Å². The number of fused-ring (bicyclic) bond motifs is 1. The predicted molar refractivity (Wildman–Crippen MR) is 117 cm³/mol. The van der Waals surface area contributed by atoms with E-state index in [1.165, 1.54) is 5.69 Å². The van der Waals surface area contributed by atoms with Crippen LogP contribution in [-0.4, -0.2) is 53.5 Å². The second-order valence-corrected chi connectivity index (χ2v) is 7.08. The number of hydrogen-bond donors (Lipinski definition) is 1. The van der Waals surface area contributed by atoms with Crippen molar-refractivity contribution in [3.05, 3.63) is 60.4 Å². The Balaban J connectivity index is 1.34. The number of benzene rings is 1. The maximum atomic E-state index is 5.62. The van der Waals surface area contributed by atoms with Crippen LogP contribution in [0.3, 0.4) is 0 Å². The fourth-order valence-corrected chi connectivity index (χ4v) is 3.61. The molecule has 0 bridgehead atoms. The van der Waals surface area contributed by atoms with Crippen LogP contribution in [0.5, 0.6) is 5.75 Å². The molecular weight excluding hydrogens is 370 g/mol. The number of nitrogens with zero attached hydrogens (tertiary/aromatic N) is 4. The Morgan fingerprint density at radius 3 is 2.71 bits per heavy atom. The molecule has 1 fully saturated rings. The summed E-state index contributed by atoms with van der Waals surface area (Å²) in [6.45, 7) is 7.97. The maximum Gasteiger partial charge on any atom is 0.189 e. The van der Waals surface area contributed by atoms with Crippen LogP contribution in [0.2, 0.25) is 0 Å². The minimum atomic E-state index is 0.606. The summed E-state index contributed by atoms with van der Waals surface area (Å²) < 4.78 is 5.62. The molecule has 0 radical (unpaired) electrons. The highest BCUT2D eigenvalue weighted by Gasteiger charge is 2.21. The lowest BCUT2D eigenvalue weighted by atomic mass is 10.1. The van der Waals surface area contributed by atoms with Crippen LogP contribution in [0.4, 0.5) is 5.69 Å². The molecule has 2 aliphatic heterocycles. The van der Waals surface area contributed by atoms with Gasteiger partial charge in [0.15, 0.2) is 5.11 Å². The molecule has 0 spiro atoms. The van der Waals surface area contributed by atoms with Crippen molar-refractivity contribution in [2.45, 2.75) is 6.42 Å². The van der Waals surface area contributed by atoms with E-state index in [0.717, 1.165) is 48.9 Å². The van der Waals surface area contributed by atoms with Crippen molar-refractivity contribution in [3.8, 4) is 5.75 Å². The van der Waals surface area contributed by atoms with E-state index in [4.69, 9.17) is 17.0 Å². The van der Waals surface area contributed by atoms with Gasteiger partial charge in [0.2, 0.25) is 0 Å². The van der Waals surface area contributed by atoms with E-state index in [1.54, 1.807) is 6.20 Å². The first-order valence-electron chi connectivity index (χ1n) is 9.42. The van der Waals surface area contributed by atoms with Gasteiger partial charge in [-0.15, -0.1) is 0 Å². The molecule has 0 unspecified atom stereocenters. The van der Waals surface area contributed by atoms with E-state index in [-0.39, 0.29) is 0 Å². The van der Waals surface area contributed by atoms with Crippen molar-refractivity contribution >= 4 is 34.8 Å². The third-order valence-corrected chi connectivity index (χ3v) is 5.34. The summed E-state index contributed by atoms with van der Waals surface area (Å²) in [7, 11) is 0. The summed E-state index contributed by atoms with van der Waals surface area (Å²) in [4.78, 5) is 8.91. The molecule has 2 aromatic rings. The van der Waals surface area contributed by atoms with Gasteiger partial charge in [0.05, 0.1) is 12.3 Å². The van der Waals surface area contributed by atoms with E-state index in [2.05, 4.69) is 56.2 Å². The molecule has 1 aromatic heterocycles. The maximum absolute atomic E-state index is 5.62. The van der Waals surface area contributed by atoms with Crippen LogP contribution >= 0.6 is 12.2 Å². The Morgan fingerprint density at radius 1 is 1.18 bits per heavy atom. The second-order valence-electron chi connectivity index (χ2n) is 6.69. The molecule has 0 saturated carbocycles. The highest BCUT2D eigenvalue weighted by molar-refractivity contribution is 7.80. The van der Waals surface area contributed by atoms with E-state index in [1.807, 2.05) is 18.2 Å². The van der Waals surface area contributed by atoms with Crippen LogP contribution in [0.15, 0.2) is 54.3 Å². The number of rotatable bonds is 3. The van der Waals surface area contributed by atoms with E-state index in [0.29, 0.717) is 18.1 Å². The van der Waals surface area contributed by atoms with Crippen LogP contribution in [-0.2, 0) is 0 Å². The highest BCUT2D eigenvalue weighted by atomic mass is 32.1. The van der Waals surface area contributed by atoms with E-state index in [9.17, 15) is 0 Å². The predicted octanol–water partition coefficient (Wildman–Crippen LogP) is 2.91. The van der Waals surface area contributed by atoms with Crippen LogP contribution in [0.1, 0.15) is 17.7 Å². The number of pyridine rings is 1. The molecule has 1 saturated heterocycles. The first-order valence-corrected chi connectivity index (χ1v) is 9.82. The zero-order valence-electron chi connectivity index (χ0n) is 15.7. The van der Waals surface area contributed by atoms with Gasteiger partial charge in [-0.1, -0.05) is 24.8 Å². The summed E-state index contributed by atoms with van der Waals surface area (Å²) in [5.41, 5.74) is 7.09. The SMILES string of the molecule is C=Cc1ccc(N2CCN(C(=S)N/N=C3/CCOc4cccnc43)CC2)cc1. The molecule has 3 heterocycles. The summed E-state index contributed by atoms with van der Waals surface area (Å²) in [6, 6.07) is 12.3. The second kappa shape index (κ2) is 8.39. The van der Waals surface area contributed by atoms with Gasteiger partial charge in [0.25, 0.3) is 0 Å². The highest BCUT2D eigenvalue weighted by Crippen LogP contribution is 2.22. The molecule has 144 valence electrons. The lowest BCUT2D eigenvalue weighted by molar-refractivity contribution is 0.318. The van der Waals surface area contributed by atoms with E-state index >= 15 is 0 Å². The Hall–Kier alpha value is -2.93. The van der Waals surface area contributed by atoms with Gasteiger partial charge >= 0.3 is 0 Å². The minimum absolute atomic E-state index is 0.606. The van der Waals surface area contributed by atoms with Crippen LogP contribution in [0, 0.1) is 0 Å². The van der Waals surface area contributed by atoms with Crippen LogP contribution in [0.25, 0.3) is 6.08 Å². The summed E-state index contributed by atoms with van der Waals surface area (Å²) in [5.74, 6) is 0.774. The molecule has 0 atom stereocenters. The Morgan fingerprint density at radius 2 is 1.96 bits per heavy atom. The summed E-state index contributed by atoms with van der Waals surface area (Å²) in [6.07, 6.45) is 4.33. The third kappa shape index (κ3) is 3.99. The Kier molecular flexibility index (Phi) is 5.53. The average molecular weight is 394 g/mol. The summed E-state index contributed by atoms with van der Waals surface area (Å²) >= 11 is 5.56. The molecule has 1 N–H and O–H groups in total. The van der Waals surface area contributed by atoms with Crippen molar-refractivity contribution in [2.24, 2.45) is 5.10 Å². The zero-order chi connectivity index (χ0) is 19.3. The fourth-order valence-electron chi connectivity index (χ4n) is 3.38. The first-order chi connectivity index (χ1) is 13.7. The molecule has 28 heavy (non-hydrogen) atoms. The van der Waals surface area contributed by atoms with Gasteiger partial charge in [0, 0.05) is 44.5 Å². The smallest absolute Gasteiger partial charge is 0.189 e. The normalized spacial score (nSPS) is 17.6. The minimum Gasteiger partial charge on any atom is -0.491 e. The molecule has 6 nitrogen and oxygen atoms in total. The van der Waals surface area contributed by atoms with Crippen LogP contribution < -0.4 is 15.1 Å². The number of ether oxygens (including phenoxy) is 1. The Bertz CT molecular complexity index is 888. The van der Waals surface area contributed by atoms with Gasteiger partial charge < -0.3 is 14.5 Å². The number of hydrogen-bond acceptors (Lipinski definition) is 5. The lowest BCUT2D eigenvalue weighted by Crippen LogP contribution is -2.51. The fraction of sp³-hybridized carbons (Fsp3) is 0.286. The molecule has 7 heteroatoms. The lowest BCUT2D eigenvalue weighted by Gasteiger charge is -2.37. The zero-order valence-corrected chi connectivity index (χ0v) is 16.5. The van der Waals surface area contributed by atoms with Crippen molar-refractivity contribution in [1.82, 2.24) is 15.3 Å². The monoisotopic (exact) mass is 393 g/mol. The molecule has 0 aliphatic carbocycles. The van der Waals surface area contributed by atoms with Gasteiger partial charge in [-0.2, -0.15) is 5.10 Å². The van der Waals surface area contributed by atoms with Gasteiger partial charge in [-0.05, 0) is 42.0 Å². The molecular formula is C21H23N5OS. The van der Waals surface area contributed by atoms with Crippen molar-refractivity contribution in [3.63, 3.8) is 0 Å². The number of aromatic nitrogens is 1. The third-order valence-electron chi connectivity index (χ3n) is 4.99. The number of hydrazone groups is 1. The standard InChI is InChI=1S/C21H23N5OS/c1-2-16-5-7-17(8-6-16)25-11-13-26(14-12-25)21(28)24-23-18-9-15-27-19-4-3-10-22-20(18)19/h2-8,10H,1,9,11-15H2,(H,24,28)/b23-18-. The summed E-state index contributed by atoms with van der Waals surface area (Å²) in [5, 5.41) is 5.17. The van der Waals surface area contributed by atoms with Gasteiger partial charge in [0.1, 0.15) is 11.4 Å². The largest absolute Gasteiger partial charge is 0.491 e. The van der Waals surface area contributed by atoms with Crippen molar-refractivity contribution < 1.29 is 4.74 Å². The Labute approximate surface area is 170 Å². The molecule has 1 aromatic carbocycles. The molecule has 2 aliphatic rings. The van der Waals surface area contributed by atoms with Gasteiger partial charge in [-0.25, -0.2) is 0 Å². The number of thiocarbonyl (C=S) groups is 1. The number of piperazine rings is 1. The average Bonchev–Trinajstić information content (AvgIpc) is 2.77. The van der Waals surface area contributed by atoms with Crippen molar-refractivity contribution in [2.75, 3.05) is 37.7 Å². The quantitative estimate of drug-likeness (QED) is 0.639. The number of anilines is 1. The number of nitrogens with one attached hydrogen (secondary N) is 1. The van der Waals surface area contributed by atoms with Crippen molar-refractivity contribution in [1.29, 1.82) is 0 Å². The molecule has 0 amide bonds. The molecule has 4 rings (SSSR count). The first kappa shape index (κ1) is 18.4.